The van der Waals surface area contributed by atoms with Crippen LogP contribution in [0.2, 0.25) is 0 Å². The summed E-state index contributed by atoms with van der Waals surface area (Å²) in [4.78, 5) is 15.7. The lowest BCUT2D eigenvalue weighted by atomic mass is 10.3. The highest BCUT2D eigenvalue weighted by molar-refractivity contribution is 6.18. The highest BCUT2D eigenvalue weighted by Gasteiger charge is 2.14. The van der Waals surface area contributed by atoms with E-state index in [1.54, 1.807) is 11.9 Å². The molecule has 0 unspecified atom stereocenters. The first-order valence-electron chi connectivity index (χ1n) is 5.85. The highest BCUT2D eigenvalue weighted by Crippen LogP contribution is 2.11. The number of carbonyl (C=O) groups excluding carboxylic acids is 1. The maximum absolute atomic E-state index is 12.1. The van der Waals surface area contributed by atoms with Crippen LogP contribution in [0.5, 0.6) is 0 Å². The lowest BCUT2D eigenvalue weighted by Crippen LogP contribution is -2.40. The number of hydrogen-bond acceptors (Lipinski definition) is 2. The van der Waals surface area contributed by atoms with Gasteiger partial charge in [-0.3, -0.25) is 9.69 Å². The third-order valence-corrected chi connectivity index (χ3v) is 3.02. The Hall–Kier alpha value is -0.770. The number of hydrogen-bond donors (Lipinski definition) is 0. The lowest BCUT2D eigenvalue weighted by Gasteiger charge is -2.23. The van der Waals surface area contributed by atoms with Crippen molar-refractivity contribution < 1.29 is 4.79 Å². The van der Waals surface area contributed by atoms with E-state index < -0.39 is 0 Å². The molecule has 0 N–H and O–H groups in total. The first-order chi connectivity index (χ1) is 8.69. The van der Waals surface area contributed by atoms with Crippen LogP contribution in [0.4, 0.5) is 5.69 Å². The molecule has 100 valence electrons. The van der Waals surface area contributed by atoms with Crippen LogP contribution < -0.4 is 4.90 Å². The van der Waals surface area contributed by atoms with Gasteiger partial charge in [-0.15, -0.1) is 23.2 Å². The van der Waals surface area contributed by atoms with Crippen molar-refractivity contribution in [3.05, 3.63) is 30.3 Å². The van der Waals surface area contributed by atoms with Crippen molar-refractivity contribution in [2.24, 2.45) is 0 Å². The van der Waals surface area contributed by atoms with Gasteiger partial charge in [-0.05, 0) is 12.1 Å². The minimum Gasteiger partial charge on any atom is -0.314 e. The molecule has 5 heteroatoms. The van der Waals surface area contributed by atoms with Gasteiger partial charge in [0.1, 0.15) is 0 Å². The number of anilines is 1. The summed E-state index contributed by atoms with van der Waals surface area (Å²) in [7, 11) is 1.78. The van der Waals surface area contributed by atoms with Gasteiger partial charge in [-0.2, -0.15) is 0 Å². The van der Waals surface area contributed by atoms with Crippen molar-refractivity contribution in [2.45, 2.75) is 0 Å². The number of likely N-dealkylation sites (N-methyl/N-ethyl adjacent to an activating group) is 1. The first-order valence-corrected chi connectivity index (χ1v) is 6.92. The van der Waals surface area contributed by atoms with E-state index in [2.05, 4.69) is 0 Å². The first kappa shape index (κ1) is 15.3. The zero-order chi connectivity index (χ0) is 13.4. The van der Waals surface area contributed by atoms with E-state index in [0.717, 1.165) is 5.69 Å². The standard InChI is InChI=1S/C13H18Cl2N2O/c1-16(12-5-3-2-4-6-12)13(18)11-17(9-7-14)10-8-15/h2-6H,7-11H2,1H3. The summed E-state index contributed by atoms with van der Waals surface area (Å²) in [6.45, 7) is 1.68. The molecule has 1 aromatic rings. The summed E-state index contributed by atoms with van der Waals surface area (Å²) in [5.41, 5.74) is 0.888. The second kappa shape index (κ2) is 8.35. The third kappa shape index (κ3) is 4.84. The fraction of sp³-hybridized carbons (Fsp3) is 0.462. The van der Waals surface area contributed by atoms with E-state index in [1.807, 2.05) is 35.2 Å². The summed E-state index contributed by atoms with van der Waals surface area (Å²) in [5, 5.41) is 0. The smallest absolute Gasteiger partial charge is 0.240 e. The van der Waals surface area contributed by atoms with Gasteiger partial charge in [0.25, 0.3) is 0 Å². The molecule has 0 aliphatic carbocycles. The second-order valence-electron chi connectivity index (χ2n) is 3.94. The van der Waals surface area contributed by atoms with Crippen LogP contribution in [0.3, 0.4) is 0 Å². The molecule has 0 aliphatic rings. The maximum atomic E-state index is 12.1. The van der Waals surface area contributed by atoms with E-state index >= 15 is 0 Å². The number of carbonyl (C=O) groups is 1. The molecule has 0 atom stereocenters. The van der Waals surface area contributed by atoms with Crippen LogP contribution in [-0.4, -0.2) is 49.2 Å². The lowest BCUT2D eigenvalue weighted by molar-refractivity contribution is -0.119. The predicted octanol–water partition coefficient (Wildman–Crippen LogP) is 2.43. The van der Waals surface area contributed by atoms with Crippen LogP contribution in [0.1, 0.15) is 0 Å². The monoisotopic (exact) mass is 288 g/mol. The highest BCUT2D eigenvalue weighted by atomic mass is 35.5. The summed E-state index contributed by atoms with van der Waals surface area (Å²) >= 11 is 11.4. The molecular formula is C13H18Cl2N2O. The van der Waals surface area contributed by atoms with Crippen LogP contribution >= 0.6 is 23.2 Å². The Labute approximate surface area is 118 Å². The molecule has 0 aromatic heterocycles. The summed E-state index contributed by atoms with van der Waals surface area (Å²) in [5.74, 6) is 1.04. The van der Waals surface area contributed by atoms with E-state index in [4.69, 9.17) is 23.2 Å². The Morgan fingerprint density at radius 3 is 2.17 bits per heavy atom. The van der Waals surface area contributed by atoms with Gasteiger partial charge in [0, 0.05) is 37.6 Å². The van der Waals surface area contributed by atoms with Gasteiger partial charge in [-0.1, -0.05) is 18.2 Å². The minimum atomic E-state index is 0.0384. The number of nitrogens with zero attached hydrogens (tertiary/aromatic N) is 2. The number of rotatable bonds is 7. The van der Waals surface area contributed by atoms with Gasteiger partial charge >= 0.3 is 0 Å². The maximum Gasteiger partial charge on any atom is 0.240 e. The molecule has 0 aliphatic heterocycles. The largest absolute Gasteiger partial charge is 0.314 e. The van der Waals surface area contributed by atoms with Gasteiger partial charge in [-0.25, -0.2) is 0 Å². The second-order valence-corrected chi connectivity index (χ2v) is 4.70. The predicted molar refractivity (Wildman–Crippen MR) is 77.7 cm³/mol. The molecule has 1 aromatic carbocycles. The molecule has 0 saturated heterocycles. The Morgan fingerprint density at radius 2 is 1.67 bits per heavy atom. The van der Waals surface area contributed by atoms with Gasteiger partial charge in [0.2, 0.25) is 5.91 Å². The van der Waals surface area contributed by atoms with Crippen LogP contribution in [-0.2, 0) is 4.79 Å². The van der Waals surface area contributed by atoms with Crippen molar-refractivity contribution in [1.82, 2.24) is 4.90 Å². The fourth-order valence-corrected chi connectivity index (χ4v) is 2.08. The number of halogens is 2. The summed E-state index contributed by atoms with van der Waals surface area (Å²) in [6, 6.07) is 9.56. The minimum absolute atomic E-state index is 0.0384. The molecule has 0 spiro atoms. The van der Waals surface area contributed by atoms with Gasteiger partial charge in [0.05, 0.1) is 6.54 Å². The van der Waals surface area contributed by atoms with Gasteiger partial charge in [0.15, 0.2) is 0 Å². The Kier molecular flexibility index (Phi) is 7.09. The molecule has 0 heterocycles. The molecule has 0 radical (unpaired) electrons. The quantitative estimate of drug-likeness (QED) is 0.720. The zero-order valence-corrected chi connectivity index (χ0v) is 12.0. The molecule has 0 saturated carbocycles. The van der Waals surface area contributed by atoms with Crippen molar-refractivity contribution in [3.63, 3.8) is 0 Å². The van der Waals surface area contributed by atoms with Crippen molar-refractivity contribution in [2.75, 3.05) is 43.3 Å². The van der Waals surface area contributed by atoms with Gasteiger partial charge < -0.3 is 4.90 Å². The summed E-state index contributed by atoms with van der Waals surface area (Å²) in [6.07, 6.45) is 0. The number of benzene rings is 1. The van der Waals surface area contributed by atoms with Crippen LogP contribution in [0.15, 0.2) is 30.3 Å². The van der Waals surface area contributed by atoms with E-state index in [9.17, 15) is 4.79 Å². The Bertz CT molecular complexity index is 353. The Morgan fingerprint density at radius 1 is 1.11 bits per heavy atom. The average Bonchev–Trinajstić information content (AvgIpc) is 2.39. The van der Waals surface area contributed by atoms with E-state index in [-0.39, 0.29) is 5.91 Å². The number of alkyl halides is 2. The van der Waals surface area contributed by atoms with E-state index in [0.29, 0.717) is 31.4 Å². The molecule has 18 heavy (non-hydrogen) atoms. The normalized spacial score (nSPS) is 10.7. The molecule has 1 rings (SSSR count). The van der Waals surface area contributed by atoms with Crippen LogP contribution in [0, 0.1) is 0 Å². The number of amides is 1. The fourth-order valence-electron chi connectivity index (χ4n) is 1.60. The zero-order valence-electron chi connectivity index (χ0n) is 10.5. The van der Waals surface area contributed by atoms with Crippen LogP contribution in [0.25, 0.3) is 0 Å². The molecule has 1 amide bonds. The molecule has 3 nitrogen and oxygen atoms in total. The summed E-state index contributed by atoms with van der Waals surface area (Å²) < 4.78 is 0. The van der Waals surface area contributed by atoms with Crippen molar-refractivity contribution in [1.29, 1.82) is 0 Å². The molecular weight excluding hydrogens is 271 g/mol. The van der Waals surface area contributed by atoms with Crippen molar-refractivity contribution >= 4 is 34.8 Å². The third-order valence-electron chi connectivity index (χ3n) is 2.68. The topological polar surface area (TPSA) is 23.6 Å². The van der Waals surface area contributed by atoms with Crippen molar-refractivity contribution in [3.8, 4) is 0 Å². The molecule has 0 bridgehead atoms. The average molecular weight is 289 g/mol. The Balaban J connectivity index is 2.58. The SMILES string of the molecule is CN(C(=O)CN(CCCl)CCCl)c1ccccc1. The molecule has 0 fully saturated rings. The van der Waals surface area contributed by atoms with E-state index in [1.165, 1.54) is 0 Å². The number of para-hydroxylation sites is 1.